The summed E-state index contributed by atoms with van der Waals surface area (Å²) in [4.78, 5) is 25.2. The number of hydrogen-bond acceptors (Lipinski definition) is 7. The van der Waals surface area contributed by atoms with Crippen LogP contribution in [0.2, 0.25) is 0 Å². The van der Waals surface area contributed by atoms with Crippen LogP contribution in [0.1, 0.15) is 24.8 Å². The summed E-state index contributed by atoms with van der Waals surface area (Å²) in [5.74, 6) is 0.555. The fraction of sp³-hybridized carbons (Fsp3) is 0.222. The minimum absolute atomic E-state index is 0.232. The molecule has 6 aromatic heterocycles. The van der Waals surface area contributed by atoms with Crippen molar-refractivity contribution in [3.05, 3.63) is 65.7 Å². The third-order valence-corrected chi connectivity index (χ3v) is 7.72. The van der Waals surface area contributed by atoms with Crippen molar-refractivity contribution in [3.8, 4) is 33.2 Å². The van der Waals surface area contributed by atoms with Crippen molar-refractivity contribution in [2.75, 3.05) is 13.1 Å². The van der Waals surface area contributed by atoms with E-state index < -0.39 is 0 Å². The van der Waals surface area contributed by atoms with Crippen LogP contribution in [0.5, 0.6) is 0 Å². The van der Waals surface area contributed by atoms with Crippen LogP contribution < -0.4 is 0 Å². The summed E-state index contributed by atoms with van der Waals surface area (Å²) >= 11 is 1.09. The first-order valence-electron chi connectivity index (χ1n) is 12.3. The molecular formula is C27H23FN8S. The molecular weight excluding hydrogens is 487 g/mol. The van der Waals surface area contributed by atoms with Gasteiger partial charge in [-0.2, -0.15) is 9.49 Å². The van der Waals surface area contributed by atoms with Crippen LogP contribution in [0.15, 0.2) is 55.0 Å². The Bertz CT molecular complexity index is 1730. The number of fused-ring (bicyclic) bond motifs is 2. The highest BCUT2D eigenvalue weighted by Crippen LogP contribution is 2.34. The fourth-order valence-electron chi connectivity index (χ4n) is 5.00. The van der Waals surface area contributed by atoms with E-state index in [1.165, 1.54) is 30.9 Å². The zero-order chi connectivity index (χ0) is 24.8. The number of piperidine rings is 1. The monoisotopic (exact) mass is 510 g/mol. The van der Waals surface area contributed by atoms with Gasteiger partial charge in [0, 0.05) is 41.1 Å². The summed E-state index contributed by atoms with van der Waals surface area (Å²) in [7, 11) is 0. The smallest absolute Gasteiger partial charge is 0.178 e. The van der Waals surface area contributed by atoms with Crippen LogP contribution in [-0.2, 0) is 6.54 Å². The highest BCUT2D eigenvalue weighted by Gasteiger charge is 2.18. The lowest BCUT2D eigenvalue weighted by atomic mass is 10.1. The van der Waals surface area contributed by atoms with Crippen LogP contribution in [0, 0.1) is 5.13 Å². The van der Waals surface area contributed by atoms with Crippen LogP contribution in [-0.4, -0.2) is 53.1 Å². The zero-order valence-electron chi connectivity index (χ0n) is 19.9. The van der Waals surface area contributed by atoms with E-state index in [9.17, 15) is 4.39 Å². The second kappa shape index (κ2) is 9.13. The number of aromatic nitrogens is 7. The minimum Gasteiger partial charge on any atom is -0.335 e. The molecule has 0 bridgehead atoms. The lowest BCUT2D eigenvalue weighted by Crippen LogP contribution is -2.29. The number of pyridine rings is 3. The van der Waals surface area contributed by atoms with Crippen molar-refractivity contribution in [2.45, 2.75) is 25.8 Å². The summed E-state index contributed by atoms with van der Waals surface area (Å²) in [6.07, 6.45) is 9.32. The summed E-state index contributed by atoms with van der Waals surface area (Å²) in [6, 6.07) is 11.2. The quantitative estimate of drug-likeness (QED) is 0.304. The Labute approximate surface area is 215 Å². The van der Waals surface area contributed by atoms with Gasteiger partial charge in [0.2, 0.25) is 0 Å². The Balaban J connectivity index is 1.26. The average Bonchev–Trinajstić information content (AvgIpc) is 3.66. The number of H-pyrrole nitrogens is 2. The average molecular weight is 511 g/mol. The van der Waals surface area contributed by atoms with Gasteiger partial charge in [-0.15, -0.1) is 11.3 Å². The van der Waals surface area contributed by atoms with E-state index in [0.717, 1.165) is 63.7 Å². The van der Waals surface area contributed by atoms with Gasteiger partial charge in [-0.25, -0.2) is 15.0 Å². The maximum Gasteiger partial charge on any atom is 0.178 e. The molecule has 184 valence electrons. The zero-order valence-corrected chi connectivity index (χ0v) is 20.7. The first kappa shape index (κ1) is 22.2. The Hall–Kier alpha value is -4.02. The lowest BCUT2D eigenvalue weighted by Gasteiger charge is -2.26. The van der Waals surface area contributed by atoms with Crippen molar-refractivity contribution in [2.24, 2.45) is 0 Å². The van der Waals surface area contributed by atoms with E-state index in [2.05, 4.69) is 41.1 Å². The molecule has 7 heterocycles. The van der Waals surface area contributed by atoms with Gasteiger partial charge in [0.1, 0.15) is 5.52 Å². The Morgan fingerprint density at radius 1 is 1.00 bits per heavy atom. The maximum absolute atomic E-state index is 13.7. The van der Waals surface area contributed by atoms with Crippen LogP contribution in [0.25, 0.3) is 55.4 Å². The first-order chi connectivity index (χ1) is 18.2. The molecule has 1 saturated heterocycles. The molecule has 8 nitrogen and oxygen atoms in total. The first-order valence-corrected chi connectivity index (χ1v) is 13.2. The van der Waals surface area contributed by atoms with Gasteiger partial charge < -0.3 is 4.98 Å². The summed E-state index contributed by atoms with van der Waals surface area (Å²) < 4.78 is 13.7. The van der Waals surface area contributed by atoms with Gasteiger partial charge in [0.05, 0.1) is 16.7 Å². The predicted molar refractivity (Wildman–Crippen MR) is 142 cm³/mol. The molecule has 0 atom stereocenters. The van der Waals surface area contributed by atoms with Gasteiger partial charge in [-0.1, -0.05) is 6.42 Å². The Morgan fingerprint density at radius 2 is 1.92 bits per heavy atom. The molecule has 0 aromatic carbocycles. The second-order valence-corrected chi connectivity index (χ2v) is 10.4. The van der Waals surface area contributed by atoms with E-state index in [1.807, 2.05) is 30.6 Å². The highest BCUT2D eigenvalue weighted by atomic mass is 32.1. The van der Waals surface area contributed by atoms with Gasteiger partial charge in [0.15, 0.2) is 22.3 Å². The van der Waals surface area contributed by atoms with E-state index in [-0.39, 0.29) is 5.13 Å². The molecule has 1 aliphatic rings. The van der Waals surface area contributed by atoms with E-state index in [4.69, 9.17) is 4.98 Å². The van der Waals surface area contributed by atoms with E-state index in [1.54, 1.807) is 12.3 Å². The molecule has 0 spiro atoms. The van der Waals surface area contributed by atoms with Gasteiger partial charge in [-0.3, -0.25) is 15.0 Å². The molecule has 6 aromatic rings. The molecule has 0 saturated carbocycles. The number of nitrogens with zero attached hydrogens (tertiary/aromatic N) is 6. The molecule has 2 N–H and O–H groups in total. The van der Waals surface area contributed by atoms with Crippen LogP contribution >= 0.6 is 11.3 Å². The fourth-order valence-corrected chi connectivity index (χ4v) is 5.76. The van der Waals surface area contributed by atoms with Crippen molar-refractivity contribution < 1.29 is 4.39 Å². The lowest BCUT2D eigenvalue weighted by molar-refractivity contribution is 0.220. The summed E-state index contributed by atoms with van der Waals surface area (Å²) in [6.45, 7) is 3.19. The summed E-state index contributed by atoms with van der Waals surface area (Å²) in [5.41, 5.74) is 7.24. The van der Waals surface area contributed by atoms with E-state index in [0.29, 0.717) is 22.7 Å². The normalized spacial score (nSPS) is 14.6. The Morgan fingerprint density at radius 3 is 2.78 bits per heavy atom. The number of rotatable bonds is 5. The molecule has 10 heteroatoms. The van der Waals surface area contributed by atoms with E-state index >= 15 is 0 Å². The molecule has 0 amide bonds. The molecule has 0 radical (unpaired) electrons. The summed E-state index contributed by atoms with van der Waals surface area (Å²) in [5, 5.41) is 7.34. The third-order valence-electron chi connectivity index (χ3n) is 6.81. The number of aromatic amines is 2. The number of likely N-dealkylation sites (tertiary alicyclic amines) is 1. The molecule has 1 aliphatic heterocycles. The minimum atomic E-state index is -0.232. The predicted octanol–water partition coefficient (Wildman–Crippen LogP) is 5.81. The Kier molecular flexibility index (Phi) is 5.48. The van der Waals surface area contributed by atoms with Crippen molar-refractivity contribution in [1.82, 2.24) is 40.0 Å². The van der Waals surface area contributed by atoms with Gasteiger partial charge in [-0.05, 0) is 67.9 Å². The third kappa shape index (κ3) is 4.17. The largest absolute Gasteiger partial charge is 0.335 e. The number of thiophene rings is 1. The van der Waals surface area contributed by atoms with Gasteiger partial charge in [0.25, 0.3) is 0 Å². The second-order valence-electron chi connectivity index (χ2n) is 9.33. The van der Waals surface area contributed by atoms with Crippen molar-refractivity contribution >= 4 is 33.5 Å². The standard InChI is InChI=1S/C27H23FN8S/c28-22-7-6-21(37-22)18-8-9-30-26-23(18)32-27(33-26)25-24-20(34-35-25)5-4-19(31-24)17-12-16(13-29-14-17)15-36-10-2-1-3-11-36/h4-9,12-14H,1-3,10-11,15H2,(H,34,35)(H,30,32,33). The topological polar surface area (TPSA) is 99.3 Å². The van der Waals surface area contributed by atoms with Crippen molar-refractivity contribution in [3.63, 3.8) is 0 Å². The number of hydrogen-bond donors (Lipinski definition) is 2. The molecule has 7 rings (SSSR count). The van der Waals surface area contributed by atoms with Crippen LogP contribution in [0.3, 0.4) is 0 Å². The van der Waals surface area contributed by atoms with Crippen molar-refractivity contribution in [1.29, 1.82) is 0 Å². The number of nitrogens with one attached hydrogen (secondary N) is 2. The number of imidazole rings is 1. The number of halogens is 1. The maximum atomic E-state index is 13.7. The SMILES string of the molecule is Fc1ccc(-c2ccnc3nc(-c4n[nH]c5ccc(-c6cncc(CN7CCCCC7)c6)nc45)[nH]c23)s1. The van der Waals surface area contributed by atoms with Crippen LogP contribution in [0.4, 0.5) is 4.39 Å². The molecule has 0 aliphatic carbocycles. The highest BCUT2D eigenvalue weighted by molar-refractivity contribution is 7.14. The molecule has 0 unspecified atom stereocenters. The van der Waals surface area contributed by atoms with Gasteiger partial charge >= 0.3 is 0 Å². The molecule has 1 fully saturated rings. The molecule has 37 heavy (non-hydrogen) atoms.